The molecule has 0 atom stereocenters. The molecule has 0 heterocycles. The van der Waals surface area contributed by atoms with Gasteiger partial charge in [-0.1, -0.05) is 9.00 Å². The summed E-state index contributed by atoms with van der Waals surface area (Å²) in [6.45, 7) is 3.99. The predicted molar refractivity (Wildman–Crippen MR) is 67.1 cm³/mol. The van der Waals surface area contributed by atoms with Crippen LogP contribution in [0.15, 0.2) is 5.11 Å². The van der Waals surface area contributed by atoms with E-state index in [0.717, 1.165) is 0 Å². The first kappa shape index (κ1) is 15.7. The van der Waals surface area contributed by atoms with Crippen molar-refractivity contribution in [2.45, 2.75) is 20.8 Å². The average molecular weight is 303 g/mol. The number of azide groups is 1. The Morgan fingerprint density at radius 2 is 1.85 bits per heavy atom. The third-order valence-corrected chi connectivity index (χ3v) is 3.05. The number of halogens is 1. The van der Waals surface area contributed by atoms with Gasteiger partial charge in [0.25, 0.3) is 0 Å². The van der Waals surface area contributed by atoms with Crippen molar-refractivity contribution in [3.63, 3.8) is 0 Å². The molecule has 0 radical (unpaired) electrons. The predicted octanol–water partition coefficient (Wildman–Crippen LogP) is 2.84. The minimum atomic E-state index is -5.34. The van der Waals surface area contributed by atoms with E-state index in [-0.39, 0.29) is 27.9 Å². The van der Waals surface area contributed by atoms with Crippen LogP contribution in [0.3, 0.4) is 0 Å². The van der Waals surface area contributed by atoms with E-state index in [1.807, 2.05) is 0 Å². The van der Waals surface area contributed by atoms with Crippen LogP contribution < -0.4 is 4.18 Å². The molecule has 0 saturated heterocycles. The van der Waals surface area contributed by atoms with Crippen molar-refractivity contribution >= 4 is 22.2 Å². The molecule has 0 aliphatic carbocycles. The average Bonchev–Trinajstić information content (AvgIpc) is 2.28. The Morgan fingerprint density at radius 3 is 2.25 bits per heavy atom. The summed E-state index contributed by atoms with van der Waals surface area (Å²) in [5, 5.41) is 12.4. The molecule has 0 fully saturated rings. The zero-order valence-corrected chi connectivity index (χ0v) is 11.5. The van der Waals surface area contributed by atoms with E-state index in [9.17, 15) is 17.1 Å². The van der Waals surface area contributed by atoms with Crippen molar-refractivity contribution in [2.75, 3.05) is 0 Å². The van der Waals surface area contributed by atoms with Gasteiger partial charge in [-0.15, -0.1) is 0 Å². The molecule has 0 spiro atoms. The molecule has 10 heteroatoms. The third-order valence-electron chi connectivity index (χ3n) is 2.68. The van der Waals surface area contributed by atoms with Gasteiger partial charge in [-0.05, 0) is 31.9 Å². The molecule has 0 aromatic heterocycles. The largest absolute Gasteiger partial charge is 0.488 e. The minimum Gasteiger partial charge on any atom is -0.478 e. The van der Waals surface area contributed by atoms with Gasteiger partial charge in [0.15, 0.2) is 5.75 Å². The van der Waals surface area contributed by atoms with E-state index in [0.29, 0.717) is 0 Å². The standard InChI is InChI=1S/C10H10FN3O5S/c1-4-7(10(15)16)5(2)9(19-20(11,17)18)6(3)8(4)13-14-12/h1-3H3,(H,15,16). The van der Waals surface area contributed by atoms with E-state index in [4.69, 9.17) is 10.6 Å². The Hall–Kier alpha value is -2.32. The van der Waals surface area contributed by atoms with Crippen LogP contribution in [-0.2, 0) is 10.5 Å². The topological polar surface area (TPSA) is 129 Å². The first-order chi connectivity index (χ1) is 9.10. The second-order valence-electron chi connectivity index (χ2n) is 3.90. The van der Waals surface area contributed by atoms with Gasteiger partial charge in [0.05, 0.1) is 5.56 Å². The summed E-state index contributed by atoms with van der Waals surface area (Å²) in [4.78, 5) is 13.7. The van der Waals surface area contributed by atoms with E-state index in [1.165, 1.54) is 20.8 Å². The Bertz CT molecular complexity index is 709. The number of benzene rings is 1. The van der Waals surface area contributed by atoms with Crippen LogP contribution in [-0.4, -0.2) is 19.5 Å². The molecule has 8 nitrogen and oxygen atoms in total. The molecule has 1 rings (SSSR count). The van der Waals surface area contributed by atoms with E-state index >= 15 is 0 Å². The zero-order valence-electron chi connectivity index (χ0n) is 10.7. The summed E-state index contributed by atoms with van der Waals surface area (Å²) in [5.74, 6) is -1.88. The maximum absolute atomic E-state index is 12.7. The second-order valence-corrected chi connectivity index (χ2v) is 4.85. The maximum Gasteiger partial charge on any atom is 0.488 e. The summed E-state index contributed by atoms with van der Waals surface area (Å²) >= 11 is 0. The summed E-state index contributed by atoms with van der Waals surface area (Å²) < 4.78 is 38.0. The molecule has 108 valence electrons. The first-order valence-electron chi connectivity index (χ1n) is 5.16. The lowest BCUT2D eigenvalue weighted by molar-refractivity contribution is 0.0695. The maximum atomic E-state index is 12.7. The lowest BCUT2D eigenvalue weighted by atomic mass is 9.96. The van der Waals surface area contributed by atoms with Gasteiger partial charge in [0, 0.05) is 21.7 Å². The molecular formula is C10H10FN3O5S. The Morgan fingerprint density at radius 1 is 1.30 bits per heavy atom. The summed E-state index contributed by atoms with van der Waals surface area (Å²) in [6, 6.07) is 0. The number of carbonyl (C=O) groups is 1. The highest BCUT2D eigenvalue weighted by Crippen LogP contribution is 2.39. The van der Waals surface area contributed by atoms with E-state index < -0.39 is 22.2 Å². The molecule has 0 aliphatic rings. The fourth-order valence-corrected chi connectivity index (χ4v) is 2.37. The molecule has 0 bridgehead atoms. The highest BCUT2D eigenvalue weighted by molar-refractivity contribution is 7.81. The van der Waals surface area contributed by atoms with Crippen molar-refractivity contribution in [3.05, 3.63) is 32.7 Å². The van der Waals surface area contributed by atoms with Gasteiger partial charge in [-0.25, -0.2) is 4.79 Å². The Labute approximate surface area is 113 Å². The third kappa shape index (κ3) is 2.98. The van der Waals surface area contributed by atoms with Crippen molar-refractivity contribution in [3.8, 4) is 5.75 Å². The number of hydrogen-bond donors (Lipinski definition) is 1. The fourth-order valence-electron chi connectivity index (χ4n) is 1.92. The van der Waals surface area contributed by atoms with Crippen molar-refractivity contribution < 1.29 is 26.4 Å². The van der Waals surface area contributed by atoms with Gasteiger partial charge >= 0.3 is 16.5 Å². The highest BCUT2D eigenvalue weighted by Gasteiger charge is 2.24. The van der Waals surface area contributed by atoms with Crippen LogP contribution in [0.4, 0.5) is 9.57 Å². The molecule has 0 saturated carbocycles. The highest BCUT2D eigenvalue weighted by atomic mass is 32.3. The molecule has 0 amide bonds. The van der Waals surface area contributed by atoms with Crippen molar-refractivity contribution in [1.29, 1.82) is 0 Å². The molecule has 20 heavy (non-hydrogen) atoms. The minimum absolute atomic E-state index is 0.0315. The summed E-state index contributed by atoms with van der Waals surface area (Å²) in [5.41, 5.74) is 8.13. The zero-order chi connectivity index (χ0) is 15.7. The van der Waals surface area contributed by atoms with Gasteiger partial charge in [0.2, 0.25) is 0 Å². The van der Waals surface area contributed by atoms with Crippen molar-refractivity contribution in [2.24, 2.45) is 5.11 Å². The lowest BCUT2D eigenvalue weighted by Crippen LogP contribution is -2.10. The van der Waals surface area contributed by atoms with Crippen molar-refractivity contribution in [1.82, 2.24) is 0 Å². The number of hydrogen-bond acceptors (Lipinski definition) is 5. The van der Waals surface area contributed by atoms with Crippen LogP contribution in [0.5, 0.6) is 5.75 Å². The fraction of sp³-hybridized carbons (Fsp3) is 0.300. The molecular weight excluding hydrogens is 293 g/mol. The van der Waals surface area contributed by atoms with Gasteiger partial charge in [-0.3, -0.25) is 0 Å². The lowest BCUT2D eigenvalue weighted by Gasteiger charge is -2.16. The number of aromatic carboxylic acids is 1. The first-order valence-corrected chi connectivity index (χ1v) is 6.47. The molecule has 1 aromatic rings. The van der Waals surface area contributed by atoms with Gasteiger partial charge in [-0.2, -0.15) is 8.42 Å². The van der Waals surface area contributed by atoms with Crippen LogP contribution >= 0.6 is 0 Å². The Balaban J connectivity index is 3.84. The summed E-state index contributed by atoms with van der Waals surface area (Å²) in [7, 11) is -5.34. The van der Waals surface area contributed by atoms with Gasteiger partial charge < -0.3 is 9.29 Å². The molecule has 0 unspecified atom stereocenters. The normalized spacial score (nSPS) is 10.8. The summed E-state index contributed by atoms with van der Waals surface area (Å²) in [6.07, 6.45) is 0. The second kappa shape index (κ2) is 5.35. The van der Waals surface area contributed by atoms with E-state index in [1.54, 1.807) is 0 Å². The van der Waals surface area contributed by atoms with Crippen LogP contribution in [0.1, 0.15) is 27.0 Å². The number of carboxylic acid groups (broad SMARTS) is 1. The van der Waals surface area contributed by atoms with Crippen LogP contribution in [0.2, 0.25) is 0 Å². The monoisotopic (exact) mass is 303 g/mol. The smallest absolute Gasteiger partial charge is 0.478 e. The van der Waals surface area contributed by atoms with Crippen LogP contribution in [0.25, 0.3) is 10.4 Å². The molecule has 1 aromatic carbocycles. The Kier molecular flexibility index (Phi) is 4.21. The van der Waals surface area contributed by atoms with Gasteiger partial charge in [0.1, 0.15) is 0 Å². The SMILES string of the molecule is Cc1c(N=[N+]=[N-])c(C)c(C(=O)O)c(C)c1OS(=O)(=O)F. The number of carboxylic acids is 1. The number of rotatable bonds is 4. The number of nitrogens with zero attached hydrogens (tertiary/aromatic N) is 3. The van der Waals surface area contributed by atoms with E-state index in [2.05, 4.69) is 14.2 Å². The van der Waals surface area contributed by atoms with Crippen LogP contribution in [0, 0.1) is 20.8 Å². The quantitative estimate of drug-likeness (QED) is 0.395. The molecule has 0 aliphatic heterocycles. The molecule has 1 N–H and O–H groups in total.